The SMILES string of the molecule is O=C1CC(SF)C(Br)(SF)C(Br)(SF)C1(SF)SF. The summed E-state index contributed by atoms with van der Waals surface area (Å²) in [5.41, 5.74) is 0. The van der Waals surface area contributed by atoms with Gasteiger partial charge < -0.3 is 0 Å². The zero-order valence-corrected chi connectivity index (χ0v) is 15.6. The van der Waals surface area contributed by atoms with Crippen molar-refractivity contribution >= 4 is 98.4 Å². The molecule has 3 atom stereocenters. The lowest BCUT2D eigenvalue weighted by Gasteiger charge is -2.51. The summed E-state index contributed by atoms with van der Waals surface area (Å²) in [4.78, 5) is 11.9. The standard InChI is InChI=1S/C6H3Br2F5OS5/c7-4(16-10)3(15-9)1-2(14)5(17-11,18-12)6(4,8)19-13/h3H,1H2. The Morgan fingerprint density at radius 1 is 1.00 bits per heavy atom. The van der Waals surface area contributed by atoms with Crippen molar-refractivity contribution in [3.8, 4) is 0 Å². The third-order valence-electron chi connectivity index (χ3n) is 2.56. The van der Waals surface area contributed by atoms with E-state index in [-0.39, 0.29) is 12.1 Å². The average Bonchev–Trinajstić information content (AvgIpc) is 2.44. The van der Waals surface area contributed by atoms with E-state index in [1.54, 1.807) is 0 Å². The number of alkyl halides is 2. The van der Waals surface area contributed by atoms with Gasteiger partial charge in [0.1, 0.15) is 3.66 Å². The fourth-order valence-corrected chi connectivity index (χ4v) is 7.20. The molecule has 0 aromatic heterocycles. The van der Waals surface area contributed by atoms with Crippen molar-refractivity contribution in [1.82, 2.24) is 0 Å². The molecule has 0 amide bonds. The maximum atomic E-state index is 13.3. The Bertz CT molecular complexity index is 363. The fraction of sp³-hybridized carbons (Fsp3) is 0.833. The molecule has 0 radical (unpaired) electrons. The van der Waals surface area contributed by atoms with Crippen LogP contribution in [0, 0.1) is 0 Å². The van der Waals surface area contributed by atoms with Crippen molar-refractivity contribution < 1.29 is 24.2 Å². The molecule has 3 unspecified atom stereocenters. The van der Waals surface area contributed by atoms with E-state index in [1.165, 1.54) is 0 Å². The Kier molecular flexibility index (Phi) is 7.10. The van der Waals surface area contributed by atoms with Gasteiger partial charge in [0.15, 0.2) is 9.44 Å². The molecule has 0 heterocycles. The quantitative estimate of drug-likeness (QED) is 0.246. The van der Waals surface area contributed by atoms with Gasteiger partial charge in [-0.1, -0.05) is 31.9 Å². The molecule has 1 aliphatic carbocycles. The van der Waals surface area contributed by atoms with Gasteiger partial charge in [-0.3, -0.25) is 4.79 Å². The fourth-order valence-electron chi connectivity index (χ4n) is 1.53. The molecule has 0 N–H and O–H groups in total. The van der Waals surface area contributed by atoms with Crippen LogP contribution in [0.3, 0.4) is 0 Å². The molecule has 0 saturated heterocycles. The molecule has 0 spiro atoms. The van der Waals surface area contributed by atoms with Crippen molar-refractivity contribution in [2.24, 2.45) is 0 Å². The number of Topliss-reactive ketones (excluding diaryl/α,β-unsaturated/α-hetero) is 1. The predicted molar refractivity (Wildman–Crippen MR) is 83.0 cm³/mol. The number of halogens is 7. The first-order valence-corrected chi connectivity index (χ1v) is 9.44. The maximum absolute atomic E-state index is 13.3. The topological polar surface area (TPSA) is 17.1 Å². The van der Waals surface area contributed by atoms with Gasteiger partial charge in [-0.05, 0) is 0 Å². The van der Waals surface area contributed by atoms with E-state index in [1.807, 2.05) is 0 Å². The molecular weight excluding hydrogens is 503 g/mol. The van der Waals surface area contributed by atoms with Gasteiger partial charge in [0.25, 0.3) is 0 Å². The third-order valence-corrected chi connectivity index (χ3v) is 12.4. The summed E-state index contributed by atoms with van der Waals surface area (Å²) in [6, 6.07) is 0. The summed E-state index contributed by atoms with van der Waals surface area (Å²) < 4.78 is 58.7. The smallest absolute Gasteiger partial charge is 0.210 e. The Balaban J connectivity index is 3.49. The molecular formula is C6H3Br2F5OS5. The van der Waals surface area contributed by atoms with E-state index < -0.39 is 77.4 Å². The zero-order valence-electron chi connectivity index (χ0n) is 8.38. The molecule has 1 saturated carbocycles. The van der Waals surface area contributed by atoms with Crippen LogP contribution in [0.15, 0.2) is 0 Å². The molecule has 19 heavy (non-hydrogen) atoms. The van der Waals surface area contributed by atoms with E-state index in [0.717, 1.165) is 0 Å². The highest BCUT2D eigenvalue weighted by Crippen LogP contribution is 2.72. The van der Waals surface area contributed by atoms with Crippen LogP contribution in [0.25, 0.3) is 0 Å². The molecule has 0 aromatic rings. The number of ketones is 1. The molecule has 0 bridgehead atoms. The maximum Gasteiger partial charge on any atom is 0.210 e. The van der Waals surface area contributed by atoms with Crippen molar-refractivity contribution in [3.63, 3.8) is 0 Å². The van der Waals surface area contributed by atoms with Gasteiger partial charge in [0, 0.05) is 6.42 Å². The molecule has 1 nitrogen and oxygen atoms in total. The number of hydrogen-bond acceptors (Lipinski definition) is 6. The van der Waals surface area contributed by atoms with Gasteiger partial charge >= 0.3 is 0 Å². The van der Waals surface area contributed by atoms with E-state index in [0.29, 0.717) is 0 Å². The Morgan fingerprint density at radius 2 is 1.53 bits per heavy atom. The van der Waals surface area contributed by atoms with Crippen molar-refractivity contribution in [2.75, 3.05) is 0 Å². The van der Waals surface area contributed by atoms with Gasteiger partial charge in [-0.25, -0.2) is 0 Å². The lowest BCUT2D eigenvalue weighted by atomic mass is 9.96. The van der Waals surface area contributed by atoms with Gasteiger partial charge in [0.05, 0.1) is 66.0 Å². The second-order valence-corrected chi connectivity index (χ2v) is 11.0. The lowest BCUT2D eigenvalue weighted by Crippen LogP contribution is -2.65. The minimum Gasteiger partial charge on any atom is -0.297 e. The Labute approximate surface area is 144 Å². The van der Waals surface area contributed by atoms with Gasteiger partial charge in [-0.15, -0.1) is 0 Å². The van der Waals surface area contributed by atoms with Crippen LogP contribution in [0.1, 0.15) is 6.42 Å². The summed E-state index contributed by atoms with van der Waals surface area (Å²) in [7, 11) is 0. The largest absolute Gasteiger partial charge is 0.297 e. The monoisotopic (exact) mass is 504 g/mol. The summed E-state index contributed by atoms with van der Waals surface area (Å²) >= 11 is 2.45. The van der Waals surface area contributed by atoms with E-state index >= 15 is 0 Å². The van der Waals surface area contributed by atoms with Crippen LogP contribution < -0.4 is 0 Å². The van der Waals surface area contributed by atoms with Crippen LogP contribution in [-0.4, -0.2) is 22.4 Å². The first-order valence-electron chi connectivity index (χ1n) is 4.21. The first kappa shape index (κ1) is 19.1. The molecule has 1 fully saturated rings. The summed E-state index contributed by atoms with van der Waals surface area (Å²) in [6.45, 7) is 0. The van der Waals surface area contributed by atoms with Crippen LogP contribution in [0.5, 0.6) is 0 Å². The number of carbonyl (C=O) groups is 1. The first-order chi connectivity index (χ1) is 8.83. The highest BCUT2D eigenvalue weighted by atomic mass is 79.9. The van der Waals surface area contributed by atoms with Crippen LogP contribution in [0.4, 0.5) is 19.4 Å². The molecule has 13 heteroatoms. The summed E-state index contributed by atoms with van der Waals surface area (Å²) in [5.74, 6) is -1.06. The average molecular weight is 506 g/mol. The van der Waals surface area contributed by atoms with E-state index in [2.05, 4.69) is 31.9 Å². The number of hydrogen-bond donors (Lipinski definition) is 0. The van der Waals surface area contributed by atoms with Crippen LogP contribution in [-0.2, 0) is 4.79 Å². The van der Waals surface area contributed by atoms with Crippen molar-refractivity contribution in [1.29, 1.82) is 0 Å². The normalized spacial score (nSPS) is 38.5. The Morgan fingerprint density at radius 3 is 1.84 bits per heavy atom. The summed E-state index contributed by atoms with van der Waals surface area (Å²) in [5, 5.41) is -1.36. The summed E-state index contributed by atoms with van der Waals surface area (Å²) in [6.07, 6.45) is -0.648. The van der Waals surface area contributed by atoms with Crippen molar-refractivity contribution in [3.05, 3.63) is 0 Å². The Hall–Kier alpha value is 2.03. The number of carbonyl (C=O) groups excluding carboxylic acids is 1. The highest BCUT2D eigenvalue weighted by Gasteiger charge is 2.75. The van der Waals surface area contributed by atoms with Gasteiger partial charge in [0.2, 0.25) is 4.08 Å². The van der Waals surface area contributed by atoms with Crippen LogP contribution in [0.2, 0.25) is 0 Å². The minimum absolute atomic E-state index is 0.382. The van der Waals surface area contributed by atoms with Crippen molar-refractivity contribution in [2.45, 2.75) is 23.1 Å². The molecule has 0 aromatic carbocycles. The predicted octanol–water partition coefficient (Wildman–Crippen LogP) is 6.30. The van der Waals surface area contributed by atoms with E-state index in [4.69, 9.17) is 0 Å². The highest BCUT2D eigenvalue weighted by molar-refractivity contribution is 9.15. The van der Waals surface area contributed by atoms with E-state index in [9.17, 15) is 24.2 Å². The molecule has 112 valence electrons. The van der Waals surface area contributed by atoms with Gasteiger partial charge in [-0.2, -0.15) is 19.4 Å². The van der Waals surface area contributed by atoms with Crippen LogP contribution >= 0.6 is 92.6 Å². The second-order valence-electron chi connectivity index (χ2n) is 3.37. The molecule has 0 aliphatic heterocycles. The molecule has 1 aliphatic rings. The molecule has 1 rings (SSSR count). The second kappa shape index (κ2) is 7.07. The third kappa shape index (κ3) is 2.60. The lowest BCUT2D eigenvalue weighted by molar-refractivity contribution is -0.120. The zero-order chi connectivity index (χ0) is 14.9. The number of rotatable bonds is 5. The minimum atomic E-state index is -2.58.